The minimum Gasteiger partial charge on any atom is -0.373 e. The number of aromatic nitrogens is 2. The normalized spacial score (nSPS) is 23.1. The number of epoxide rings is 1. The number of rotatable bonds is 2. The van der Waals surface area contributed by atoms with Crippen molar-refractivity contribution >= 4 is 0 Å². The maximum Gasteiger partial charge on any atom is 0.0865 e. The van der Waals surface area contributed by atoms with Gasteiger partial charge in [-0.15, -0.1) is 0 Å². The van der Waals surface area contributed by atoms with E-state index in [4.69, 9.17) is 4.74 Å². The molecule has 2 rings (SSSR count). The molecule has 10 heavy (non-hydrogen) atoms. The predicted octanol–water partition coefficient (Wildman–Crippen LogP) is 0.659. The van der Waals surface area contributed by atoms with Crippen LogP contribution < -0.4 is 0 Å². The molecule has 0 radical (unpaired) electrons. The number of nitrogens with one attached hydrogen (secondary N) is 1. The molecule has 0 saturated carbocycles. The Morgan fingerprint density at radius 2 is 2.70 bits per heavy atom. The lowest BCUT2D eigenvalue weighted by molar-refractivity contribution is 0.406. The number of ether oxygens (including phenoxy) is 1. The van der Waals surface area contributed by atoms with E-state index in [0.717, 1.165) is 24.4 Å². The molecule has 54 valence electrons. The summed E-state index contributed by atoms with van der Waals surface area (Å²) in [5.74, 6) is 0. The Morgan fingerprint density at radius 3 is 3.20 bits per heavy atom. The second kappa shape index (κ2) is 2.09. The molecule has 1 aliphatic rings. The van der Waals surface area contributed by atoms with Gasteiger partial charge in [-0.05, 0) is 13.0 Å². The maximum absolute atomic E-state index is 5.07. The van der Waals surface area contributed by atoms with Crippen LogP contribution in [0.2, 0.25) is 0 Å². The van der Waals surface area contributed by atoms with Crippen LogP contribution in [0.1, 0.15) is 11.4 Å². The van der Waals surface area contributed by atoms with Crippen molar-refractivity contribution in [1.82, 2.24) is 10.2 Å². The van der Waals surface area contributed by atoms with Gasteiger partial charge in [-0.2, -0.15) is 5.10 Å². The lowest BCUT2D eigenvalue weighted by Gasteiger charge is -1.84. The fraction of sp³-hybridized carbons (Fsp3) is 0.571. The van der Waals surface area contributed by atoms with Crippen molar-refractivity contribution in [3.8, 4) is 0 Å². The number of hydrogen-bond acceptors (Lipinski definition) is 2. The van der Waals surface area contributed by atoms with Gasteiger partial charge in [-0.3, -0.25) is 5.10 Å². The van der Waals surface area contributed by atoms with Crippen molar-refractivity contribution in [2.45, 2.75) is 19.4 Å². The molecule has 1 N–H and O–H groups in total. The molecular weight excluding hydrogens is 128 g/mol. The molecule has 1 fully saturated rings. The molecule has 3 heteroatoms. The van der Waals surface area contributed by atoms with Gasteiger partial charge < -0.3 is 4.74 Å². The highest BCUT2D eigenvalue weighted by Crippen LogP contribution is 2.14. The van der Waals surface area contributed by atoms with Crippen LogP contribution in [-0.4, -0.2) is 22.9 Å². The van der Waals surface area contributed by atoms with Crippen LogP contribution in [0.5, 0.6) is 0 Å². The van der Waals surface area contributed by atoms with Crippen LogP contribution in [0, 0.1) is 6.92 Å². The molecule has 3 nitrogen and oxygen atoms in total. The summed E-state index contributed by atoms with van der Waals surface area (Å²) >= 11 is 0. The van der Waals surface area contributed by atoms with E-state index in [-0.39, 0.29) is 0 Å². The van der Waals surface area contributed by atoms with Crippen molar-refractivity contribution in [3.63, 3.8) is 0 Å². The quantitative estimate of drug-likeness (QED) is 0.610. The highest BCUT2D eigenvalue weighted by Gasteiger charge is 2.23. The summed E-state index contributed by atoms with van der Waals surface area (Å²) < 4.78 is 5.07. The van der Waals surface area contributed by atoms with Gasteiger partial charge in [0.25, 0.3) is 0 Å². The third-order valence-electron chi connectivity index (χ3n) is 1.60. The second-order valence-electron chi connectivity index (χ2n) is 2.70. The van der Waals surface area contributed by atoms with E-state index in [0.29, 0.717) is 6.10 Å². The second-order valence-corrected chi connectivity index (χ2v) is 2.70. The summed E-state index contributed by atoms with van der Waals surface area (Å²) in [6.45, 7) is 2.91. The lowest BCUT2D eigenvalue weighted by atomic mass is 10.2. The molecule has 0 bridgehead atoms. The van der Waals surface area contributed by atoms with E-state index in [1.807, 2.05) is 6.92 Å². The third-order valence-corrected chi connectivity index (χ3v) is 1.60. The Balaban J connectivity index is 2.03. The highest BCUT2D eigenvalue weighted by atomic mass is 16.6. The Kier molecular flexibility index (Phi) is 1.24. The van der Waals surface area contributed by atoms with Crippen LogP contribution in [0.4, 0.5) is 0 Å². The maximum atomic E-state index is 5.07. The fourth-order valence-electron chi connectivity index (χ4n) is 0.998. The van der Waals surface area contributed by atoms with Crippen LogP contribution >= 0.6 is 0 Å². The first-order valence-electron chi connectivity index (χ1n) is 3.47. The van der Waals surface area contributed by atoms with E-state index in [1.165, 1.54) is 0 Å². The summed E-state index contributed by atoms with van der Waals surface area (Å²) in [7, 11) is 0. The smallest absolute Gasteiger partial charge is 0.0865 e. The average molecular weight is 138 g/mol. The first-order chi connectivity index (χ1) is 4.84. The molecule has 2 heterocycles. The molecule has 1 saturated heterocycles. The largest absolute Gasteiger partial charge is 0.373 e. The summed E-state index contributed by atoms with van der Waals surface area (Å²) in [6, 6.07) is 2.06. The average Bonchev–Trinajstić information content (AvgIpc) is 2.59. The van der Waals surface area contributed by atoms with Gasteiger partial charge in [-0.25, -0.2) is 0 Å². The van der Waals surface area contributed by atoms with Gasteiger partial charge in [0.2, 0.25) is 0 Å². The summed E-state index contributed by atoms with van der Waals surface area (Å²) in [6.07, 6.45) is 1.41. The number of hydrogen-bond donors (Lipinski definition) is 1. The van der Waals surface area contributed by atoms with Crippen molar-refractivity contribution in [3.05, 3.63) is 17.5 Å². The molecule has 1 aromatic heterocycles. The zero-order valence-electron chi connectivity index (χ0n) is 5.92. The van der Waals surface area contributed by atoms with Gasteiger partial charge in [0.05, 0.1) is 18.4 Å². The Hall–Kier alpha value is -0.830. The molecule has 0 aromatic carbocycles. The van der Waals surface area contributed by atoms with Crippen molar-refractivity contribution in [2.75, 3.05) is 6.61 Å². The zero-order valence-corrected chi connectivity index (χ0v) is 5.92. The molecule has 1 atom stereocenters. The van der Waals surface area contributed by atoms with Crippen molar-refractivity contribution < 1.29 is 4.74 Å². The van der Waals surface area contributed by atoms with Gasteiger partial charge >= 0.3 is 0 Å². The number of aromatic amines is 1. The van der Waals surface area contributed by atoms with E-state index in [2.05, 4.69) is 16.3 Å². The number of nitrogens with zero attached hydrogens (tertiary/aromatic N) is 1. The minimum atomic E-state index is 0.447. The first-order valence-corrected chi connectivity index (χ1v) is 3.47. The molecule has 0 aliphatic carbocycles. The third kappa shape index (κ3) is 1.19. The van der Waals surface area contributed by atoms with E-state index in [9.17, 15) is 0 Å². The Morgan fingerprint density at radius 1 is 1.90 bits per heavy atom. The standard InChI is InChI=1S/C7H10N2O/c1-5-2-6(9-8-5)3-7-4-10-7/h2,7H,3-4H2,1H3,(H,8,9). The van der Waals surface area contributed by atoms with Crippen molar-refractivity contribution in [2.24, 2.45) is 0 Å². The van der Waals surface area contributed by atoms with E-state index in [1.54, 1.807) is 0 Å². The van der Waals surface area contributed by atoms with Crippen LogP contribution in [0.3, 0.4) is 0 Å². The number of H-pyrrole nitrogens is 1. The van der Waals surface area contributed by atoms with Crippen LogP contribution in [0.25, 0.3) is 0 Å². The SMILES string of the molecule is Cc1cc(CC2CO2)n[nH]1. The van der Waals surface area contributed by atoms with Gasteiger partial charge in [0, 0.05) is 12.1 Å². The van der Waals surface area contributed by atoms with Crippen LogP contribution in [0.15, 0.2) is 6.07 Å². The molecule has 0 amide bonds. The summed E-state index contributed by atoms with van der Waals surface area (Å²) in [5.41, 5.74) is 2.23. The lowest BCUT2D eigenvalue weighted by Crippen LogP contribution is -1.92. The van der Waals surface area contributed by atoms with Gasteiger partial charge in [0.15, 0.2) is 0 Å². The predicted molar refractivity (Wildman–Crippen MR) is 36.8 cm³/mol. The zero-order chi connectivity index (χ0) is 6.97. The topological polar surface area (TPSA) is 41.2 Å². The van der Waals surface area contributed by atoms with E-state index >= 15 is 0 Å². The first kappa shape index (κ1) is 5.92. The highest BCUT2D eigenvalue weighted by molar-refractivity contribution is 5.08. The monoisotopic (exact) mass is 138 g/mol. The molecule has 0 spiro atoms. The number of aryl methyl sites for hydroxylation is 1. The minimum absolute atomic E-state index is 0.447. The van der Waals surface area contributed by atoms with Gasteiger partial charge in [-0.1, -0.05) is 0 Å². The summed E-state index contributed by atoms with van der Waals surface area (Å²) in [5, 5.41) is 6.99. The Bertz CT molecular complexity index is 227. The van der Waals surface area contributed by atoms with Crippen LogP contribution in [-0.2, 0) is 11.2 Å². The molecule has 1 unspecified atom stereocenters. The Labute approximate surface area is 59.4 Å². The fourth-order valence-corrected chi connectivity index (χ4v) is 0.998. The molecule has 1 aliphatic heterocycles. The summed E-state index contributed by atoms with van der Waals surface area (Å²) in [4.78, 5) is 0. The molecule has 1 aromatic rings. The van der Waals surface area contributed by atoms with Gasteiger partial charge in [0.1, 0.15) is 0 Å². The van der Waals surface area contributed by atoms with Crippen molar-refractivity contribution in [1.29, 1.82) is 0 Å². The van der Waals surface area contributed by atoms with E-state index < -0.39 is 0 Å². The molecular formula is C7H10N2O.